The summed E-state index contributed by atoms with van der Waals surface area (Å²) in [6, 6.07) is 3.41. The number of likely N-dealkylation sites (tertiary alicyclic amines) is 1. The maximum atomic E-state index is 13.0. The number of rotatable bonds is 4. The smallest absolute Gasteiger partial charge is 0.266 e. The monoisotopic (exact) mass is 414 g/mol. The van der Waals surface area contributed by atoms with Gasteiger partial charge in [0.15, 0.2) is 6.61 Å². The third-order valence-corrected chi connectivity index (χ3v) is 5.59. The number of nitrogens with two attached hydrogens (primary N) is 1. The number of fused-ring (bicyclic) bond motifs is 1. The summed E-state index contributed by atoms with van der Waals surface area (Å²) in [5, 5.41) is 2.15. The van der Waals surface area contributed by atoms with Crippen LogP contribution in [0.3, 0.4) is 0 Å². The number of nitrogens with zero attached hydrogens (tertiary/aromatic N) is 2. The molecule has 0 aliphatic carbocycles. The fourth-order valence-electron chi connectivity index (χ4n) is 4.07. The second-order valence-corrected chi connectivity index (χ2v) is 7.66. The summed E-state index contributed by atoms with van der Waals surface area (Å²) >= 11 is 0. The van der Waals surface area contributed by atoms with Crippen molar-refractivity contribution in [2.45, 2.75) is 37.8 Å². The lowest BCUT2D eigenvalue weighted by molar-refractivity contribution is -0.136. The molecule has 0 spiro atoms. The standard InChI is InChI=1S/C20H22N4O6/c21-11-3-2-8-23(9-11)16(26)10-30-14-5-1-4-12-17(14)20(29)24(19(12)28)13-6-7-15(25)22-18(13)27/h1,4-5,11,13H,2-3,6-10,21H2,(H,22,25,27)/t11-,13?/m1/s1. The summed E-state index contributed by atoms with van der Waals surface area (Å²) in [5.41, 5.74) is 6.04. The molecule has 3 N–H and O–H groups in total. The largest absolute Gasteiger partial charge is 0.483 e. The molecule has 3 heterocycles. The summed E-state index contributed by atoms with van der Waals surface area (Å²) in [7, 11) is 0. The number of benzene rings is 1. The number of ether oxygens (including phenoxy) is 1. The van der Waals surface area contributed by atoms with Crippen molar-refractivity contribution in [3.05, 3.63) is 29.3 Å². The lowest BCUT2D eigenvalue weighted by Gasteiger charge is -2.30. The van der Waals surface area contributed by atoms with E-state index < -0.39 is 29.7 Å². The number of amides is 5. The van der Waals surface area contributed by atoms with Gasteiger partial charge in [0.25, 0.3) is 17.7 Å². The minimum absolute atomic E-state index is 0.0235. The Hall–Kier alpha value is -3.27. The van der Waals surface area contributed by atoms with Gasteiger partial charge in [0.05, 0.1) is 11.1 Å². The minimum atomic E-state index is -1.06. The second-order valence-electron chi connectivity index (χ2n) is 7.66. The van der Waals surface area contributed by atoms with Gasteiger partial charge in [-0.1, -0.05) is 6.07 Å². The quantitative estimate of drug-likeness (QED) is 0.628. The van der Waals surface area contributed by atoms with Crippen LogP contribution in [-0.4, -0.2) is 71.1 Å². The Bertz CT molecular complexity index is 945. The molecule has 2 atom stereocenters. The van der Waals surface area contributed by atoms with Crippen LogP contribution in [-0.2, 0) is 14.4 Å². The first-order chi connectivity index (χ1) is 14.4. The van der Waals surface area contributed by atoms with Crippen LogP contribution in [0.4, 0.5) is 0 Å². The van der Waals surface area contributed by atoms with E-state index in [1.165, 1.54) is 12.1 Å². The van der Waals surface area contributed by atoms with Gasteiger partial charge >= 0.3 is 0 Å². The molecular formula is C20H22N4O6. The third-order valence-electron chi connectivity index (χ3n) is 5.59. The normalized spacial score (nSPS) is 24.0. The Morgan fingerprint density at radius 3 is 2.70 bits per heavy atom. The number of nitrogens with one attached hydrogen (secondary N) is 1. The van der Waals surface area contributed by atoms with Crippen LogP contribution >= 0.6 is 0 Å². The Labute approximate surface area is 172 Å². The van der Waals surface area contributed by atoms with Gasteiger partial charge in [0, 0.05) is 25.6 Å². The van der Waals surface area contributed by atoms with Crippen molar-refractivity contribution < 1.29 is 28.7 Å². The molecule has 1 aromatic carbocycles. The van der Waals surface area contributed by atoms with Gasteiger partial charge in [-0.15, -0.1) is 0 Å². The van der Waals surface area contributed by atoms with Gasteiger partial charge in [-0.05, 0) is 31.4 Å². The molecule has 2 saturated heterocycles. The van der Waals surface area contributed by atoms with E-state index in [1.807, 2.05) is 0 Å². The lowest BCUT2D eigenvalue weighted by atomic mass is 10.0. The van der Waals surface area contributed by atoms with Gasteiger partial charge < -0.3 is 15.4 Å². The second kappa shape index (κ2) is 7.86. The molecule has 0 bridgehead atoms. The summed E-state index contributed by atoms with van der Waals surface area (Å²) in [4.78, 5) is 64.3. The Balaban J connectivity index is 1.51. The molecule has 5 amide bonds. The van der Waals surface area contributed by atoms with Crippen LogP contribution in [0.25, 0.3) is 0 Å². The van der Waals surface area contributed by atoms with Crippen molar-refractivity contribution in [2.75, 3.05) is 19.7 Å². The van der Waals surface area contributed by atoms with E-state index in [2.05, 4.69) is 5.32 Å². The molecule has 158 valence electrons. The van der Waals surface area contributed by atoms with Crippen molar-refractivity contribution in [1.29, 1.82) is 0 Å². The molecule has 30 heavy (non-hydrogen) atoms. The summed E-state index contributed by atoms with van der Waals surface area (Å²) in [6.07, 6.45) is 1.80. The fraction of sp³-hybridized carbons (Fsp3) is 0.450. The SMILES string of the molecule is N[C@@H]1CCCN(C(=O)COc2cccc3c2C(=O)N(C2CCC(=O)NC2=O)C3=O)C1. The van der Waals surface area contributed by atoms with E-state index in [4.69, 9.17) is 10.5 Å². The van der Waals surface area contributed by atoms with Crippen LogP contribution in [0.1, 0.15) is 46.4 Å². The van der Waals surface area contributed by atoms with Crippen LogP contribution in [0.5, 0.6) is 5.75 Å². The van der Waals surface area contributed by atoms with Crippen LogP contribution < -0.4 is 15.8 Å². The number of hydrogen-bond donors (Lipinski definition) is 2. The van der Waals surface area contributed by atoms with Crippen molar-refractivity contribution in [1.82, 2.24) is 15.1 Å². The van der Waals surface area contributed by atoms with Gasteiger partial charge in [-0.3, -0.25) is 34.2 Å². The predicted molar refractivity (Wildman–Crippen MR) is 102 cm³/mol. The maximum absolute atomic E-state index is 13.0. The first kappa shape index (κ1) is 20.0. The lowest BCUT2D eigenvalue weighted by Crippen LogP contribution is -2.54. The molecular weight excluding hydrogens is 392 g/mol. The summed E-state index contributed by atoms with van der Waals surface area (Å²) in [5.74, 6) is -2.56. The van der Waals surface area contributed by atoms with Gasteiger partial charge in [-0.25, -0.2) is 0 Å². The highest BCUT2D eigenvalue weighted by Gasteiger charge is 2.46. The Morgan fingerprint density at radius 1 is 1.17 bits per heavy atom. The topological polar surface area (TPSA) is 139 Å². The molecule has 3 aliphatic heterocycles. The molecule has 0 saturated carbocycles. The number of carbonyl (C=O) groups is 5. The van der Waals surface area contributed by atoms with Gasteiger partial charge in [0.2, 0.25) is 11.8 Å². The molecule has 2 fully saturated rings. The van der Waals surface area contributed by atoms with E-state index in [-0.39, 0.29) is 48.3 Å². The first-order valence-electron chi connectivity index (χ1n) is 9.87. The molecule has 3 aliphatic rings. The first-order valence-corrected chi connectivity index (χ1v) is 9.87. The molecule has 0 radical (unpaired) electrons. The van der Waals surface area contributed by atoms with E-state index in [1.54, 1.807) is 11.0 Å². The predicted octanol–water partition coefficient (Wildman–Crippen LogP) is -0.584. The Morgan fingerprint density at radius 2 is 1.97 bits per heavy atom. The van der Waals surface area contributed by atoms with Crippen molar-refractivity contribution in [3.63, 3.8) is 0 Å². The average Bonchev–Trinajstić information content (AvgIpc) is 2.97. The number of piperidine rings is 2. The highest BCUT2D eigenvalue weighted by atomic mass is 16.5. The number of carbonyl (C=O) groups excluding carboxylic acids is 5. The van der Waals surface area contributed by atoms with Crippen molar-refractivity contribution in [3.8, 4) is 5.75 Å². The molecule has 1 aromatic rings. The highest BCUT2D eigenvalue weighted by Crippen LogP contribution is 2.33. The molecule has 1 unspecified atom stereocenters. The average molecular weight is 414 g/mol. The van der Waals surface area contributed by atoms with Crippen LogP contribution in [0, 0.1) is 0 Å². The third kappa shape index (κ3) is 3.54. The molecule has 10 heteroatoms. The highest BCUT2D eigenvalue weighted by molar-refractivity contribution is 6.24. The van der Waals surface area contributed by atoms with Crippen LogP contribution in [0.2, 0.25) is 0 Å². The molecule has 4 rings (SSSR count). The summed E-state index contributed by atoms with van der Waals surface area (Å²) < 4.78 is 5.61. The van der Waals surface area contributed by atoms with Crippen molar-refractivity contribution >= 4 is 29.5 Å². The van der Waals surface area contributed by atoms with Crippen molar-refractivity contribution in [2.24, 2.45) is 5.73 Å². The van der Waals surface area contributed by atoms with Gasteiger partial charge in [-0.2, -0.15) is 0 Å². The maximum Gasteiger partial charge on any atom is 0.266 e. The zero-order chi connectivity index (χ0) is 21.4. The van der Waals surface area contributed by atoms with Crippen LogP contribution in [0.15, 0.2) is 18.2 Å². The zero-order valence-corrected chi connectivity index (χ0v) is 16.3. The summed E-state index contributed by atoms with van der Waals surface area (Å²) in [6.45, 7) is 0.766. The van der Waals surface area contributed by atoms with E-state index in [0.29, 0.717) is 13.1 Å². The number of imide groups is 2. The van der Waals surface area contributed by atoms with E-state index in [0.717, 1.165) is 17.7 Å². The van der Waals surface area contributed by atoms with Gasteiger partial charge in [0.1, 0.15) is 11.8 Å². The molecule has 10 nitrogen and oxygen atoms in total. The zero-order valence-electron chi connectivity index (χ0n) is 16.3. The minimum Gasteiger partial charge on any atom is -0.483 e. The number of hydrogen-bond acceptors (Lipinski definition) is 7. The fourth-order valence-corrected chi connectivity index (χ4v) is 4.07. The van der Waals surface area contributed by atoms with E-state index >= 15 is 0 Å². The van der Waals surface area contributed by atoms with E-state index in [9.17, 15) is 24.0 Å². The molecule has 0 aromatic heterocycles. The Kier molecular flexibility index (Phi) is 5.25.